The molecule has 1 unspecified atom stereocenters. The minimum Gasteiger partial charge on any atom is -0.368 e. The van der Waals surface area contributed by atoms with Crippen molar-refractivity contribution in [2.45, 2.75) is 65.2 Å². The van der Waals surface area contributed by atoms with Crippen LogP contribution in [0.25, 0.3) is 0 Å². The van der Waals surface area contributed by atoms with Gasteiger partial charge in [-0.25, -0.2) is 12.7 Å². The molecule has 5 nitrogen and oxygen atoms in total. The summed E-state index contributed by atoms with van der Waals surface area (Å²) in [5, 5.41) is 3.36. The average Bonchev–Trinajstić information content (AvgIpc) is 2.47. The topological polar surface area (TPSA) is 58.6 Å². The van der Waals surface area contributed by atoms with E-state index >= 15 is 0 Å². The largest absolute Gasteiger partial charge is 0.368 e. The molecule has 0 aromatic carbocycles. The fourth-order valence-corrected chi connectivity index (χ4v) is 4.41. The first-order chi connectivity index (χ1) is 9.04. The maximum atomic E-state index is 12.1. The van der Waals surface area contributed by atoms with Crippen LogP contribution < -0.4 is 5.32 Å². The molecule has 1 rings (SSSR count). The Hall–Kier alpha value is -0.170. The lowest BCUT2D eigenvalue weighted by molar-refractivity contribution is -0.0696. The van der Waals surface area contributed by atoms with Crippen molar-refractivity contribution < 1.29 is 13.2 Å². The number of rotatable bonds is 7. The summed E-state index contributed by atoms with van der Waals surface area (Å²) in [6.07, 6.45) is 0.894. The van der Waals surface area contributed by atoms with Gasteiger partial charge in [-0.3, -0.25) is 0 Å². The number of nitrogens with one attached hydrogen (secondary N) is 1. The third-order valence-corrected chi connectivity index (χ3v) is 5.95. The molecule has 0 amide bonds. The quantitative estimate of drug-likeness (QED) is 0.776. The van der Waals surface area contributed by atoms with Crippen molar-refractivity contribution >= 4 is 10.0 Å². The zero-order valence-corrected chi connectivity index (χ0v) is 14.5. The van der Waals surface area contributed by atoms with E-state index in [4.69, 9.17) is 4.74 Å². The molecule has 0 aromatic heterocycles. The average molecular weight is 306 g/mol. The number of hydrogen-bond donors (Lipinski definition) is 1. The predicted molar refractivity (Wildman–Crippen MR) is 82.4 cm³/mol. The van der Waals surface area contributed by atoms with Crippen molar-refractivity contribution in [1.82, 2.24) is 9.62 Å². The van der Waals surface area contributed by atoms with Crippen molar-refractivity contribution in [3.8, 4) is 0 Å². The predicted octanol–water partition coefficient (Wildman–Crippen LogP) is 1.59. The van der Waals surface area contributed by atoms with Gasteiger partial charge in [-0.1, -0.05) is 13.8 Å². The summed E-state index contributed by atoms with van der Waals surface area (Å²) in [7, 11) is -3.15. The van der Waals surface area contributed by atoms with Gasteiger partial charge in [0.15, 0.2) is 0 Å². The van der Waals surface area contributed by atoms with Crippen molar-refractivity contribution in [3.05, 3.63) is 0 Å². The number of ether oxygens (including phenoxy) is 1. The van der Waals surface area contributed by atoms with Gasteiger partial charge in [0.05, 0.1) is 17.0 Å². The third-order valence-electron chi connectivity index (χ3n) is 3.92. The van der Waals surface area contributed by atoms with E-state index in [0.717, 1.165) is 6.42 Å². The minimum absolute atomic E-state index is 0.141. The Morgan fingerprint density at radius 2 is 1.75 bits per heavy atom. The van der Waals surface area contributed by atoms with Gasteiger partial charge in [0.2, 0.25) is 10.0 Å². The smallest absolute Gasteiger partial charge is 0.215 e. The van der Waals surface area contributed by atoms with Crippen LogP contribution in [0.4, 0.5) is 0 Å². The molecule has 1 atom stereocenters. The molecule has 0 bridgehead atoms. The van der Waals surface area contributed by atoms with E-state index in [9.17, 15) is 8.42 Å². The first-order valence-corrected chi connectivity index (χ1v) is 9.06. The van der Waals surface area contributed by atoms with E-state index in [2.05, 4.69) is 33.0 Å². The van der Waals surface area contributed by atoms with Crippen molar-refractivity contribution in [1.29, 1.82) is 0 Å². The van der Waals surface area contributed by atoms with Crippen LogP contribution >= 0.6 is 0 Å². The molecular formula is C14H30N2O3S. The lowest BCUT2D eigenvalue weighted by atomic mass is 9.94. The zero-order chi connectivity index (χ0) is 15.6. The SMILES string of the molecule is CCN(CC)S(=O)(=O)CCNC1CC(C)(C)OC1(C)C. The normalized spacial score (nSPS) is 25.2. The van der Waals surface area contributed by atoms with Crippen LogP contribution in [-0.4, -0.2) is 55.4 Å². The molecule has 20 heavy (non-hydrogen) atoms. The van der Waals surface area contributed by atoms with Crippen molar-refractivity contribution in [2.24, 2.45) is 0 Å². The molecule has 1 N–H and O–H groups in total. The molecule has 0 aliphatic carbocycles. The highest BCUT2D eigenvalue weighted by Crippen LogP contribution is 2.37. The van der Waals surface area contributed by atoms with Crippen LogP contribution in [-0.2, 0) is 14.8 Å². The van der Waals surface area contributed by atoms with Gasteiger partial charge < -0.3 is 10.1 Å². The molecular weight excluding hydrogens is 276 g/mol. The standard InChI is InChI=1S/C14H30N2O3S/c1-7-16(8-2)20(17,18)10-9-15-12-11-13(3,4)19-14(12,5)6/h12,15H,7-11H2,1-6H3. The van der Waals surface area contributed by atoms with Crippen molar-refractivity contribution in [3.63, 3.8) is 0 Å². The molecule has 1 aliphatic rings. The van der Waals surface area contributed by atoms with E-state index in [1.165, 1.54) is 4.31 Å². The fourth-order valence-electron chi connectivity index (χ4n) is 2.99. The Labute approximate surface area is 124 Å². The maximum absolute atomic E-state index is 12.1. The lowest BCUT2D eigenvalue weighted by Gasteiger charge is -2.28. The highest BCUT2D eigenvalue weighted by atomic mass is 32.2. The van der Waals surface area contributed by atoms with Gasteiger partial charge in [0, 0.05) is 25.7 Å². The van der Waals surface area contributed by atoms with E-state index in [1.54, 1.807) is 0 Å². The molecule has 1 saturated heterocycles. The van der Waals surface area contributed by atoms with E-state index in [0.29, 0.717) is 19.6 Å². The second kappa shape index (κ2) is 6.30. The summed E-state index contributed by atoms with van der Waals surface area (Å²) in [4.78, 5) is 0. The van der Waals surface area contributed by atoms with Gasteiger partial charge in [0.1, 0.15) is 0 Å². The summed E-state index contributed by atoms with van der Waals surface area (Å²) in [6, 6.07) is 0.185. The number of nitrogens with zero attached hydrogens (tertiary/aromatic N) is 1. The summed E-state index contributed by atoms with van der Waals surface area (Å²) >= 11 is 0. The van der Waals surface area contributed by atoms with Crippen LogP contribution in [0.1, 0.15) is 48.0 Å². The fraction of sp³-hybridized carbons (Fsp3) is 1.00. The highest BCUT2D eigenvalue weighted by molar-refractivity contribution is 7.89. The Morgan fingerprint density at radius 3 is 2.15 bits per heavy atom. The third kappa shape index (κ3) is 4.41. The molecule has 120 valence electrons. The van der Waals surface area contributed by atoms with E-state index in [-0.39, 0.29) is 23.0 Å². The summed E-state index contributed by atoms with van der Waals surface area (Å²) in [5.41, 5.74) is -0.415. The maximum Gasteiger partial charge on any atom is 0.215 e. The molecule has 6 heteroatoms. The van der Waals surface area contributed by atoms with Gasteiger partial charge in [-0.15, -0.1) is 0 Å². The first kappa shape index (κ1) is 17.9. The Balaban J connectivity index is 2.53. The molecule has 0 aromatic rings. The van der Waals surface area contributed by atoms with E-state index in [1.807, 2.05) is 13.8 Å². The Morgan fingerprint density at radius 1 is 1.20 bits per heavy atom. The Kier molecular flexibility index (Phi) is 5.63. The van der Waals surface area contributed by atoms with Crippen LogP contribution in [0.3, 0.4) is 0 Å². The monoisotopic (exact) mass is 306 g/mol. The molecule has 0 radical (unpaired) electrons. The van der Waals surface area contributed by atoms with Crippen LogP contribution in [0.2, 0.25) is 0 Å². The highest BCUT2D eigenvalue weighted by Gasteiger charge is 2.45. The number of sulfonamides is 1. The van der Waals surface area contributed by atoms with Crippen LogP contribution in [0, 0.1) is 0 Å². The molecule has 0 saturated carbocycles. The number of hydrogen-bond acceptors (Lipinski definition) is 4. The molecule has 1 heterocycles. The summed E-state index contributed by atoms with van der Waals surface area (Å²) in [5.74, 6) is 0.141. The van der Waals surface area contributed by atoms with Gasteiger partial charge in [0.25, 0.3) is 0 Å². The van der Waals surface area contributed by atoms with E-state index < -0.39 is 10.0 Å². The van der Waals surface area contributed by atoms with Gasteiger partial charge >= 0.3 is 0 Å². The molecule has 1 aliphatic heterocycles. The first-order valence-electron chi connectivity index (χ1n) is 7.45. The zero-order valence-electron chi connectivity index (χ0n) is 13.7. The minimum atomic E-state index is -3.15. The van der Waals surface area contributed by atoms with Crippen molar-refractivity contribution in [2.75, 3.05) is 25.4 Å². The summed E-state index contributed by atoms with van der Waals surface area (Å²) < 4.78 is 31.7. The van der Waals surface area contributed by atoms with Gasteiger partial charge in [-0.05, 0) is 34.1 Å². The Bertz CT molecular complexity index is 414. The van der Waals surface area contributed by atoms with Crippen LogP contribution in [0.5, 0.6) is 0 Å². The molecule has 1 fully saturated rings. The van der Waals surface area contributed by atoms with Gasteiger partial charge in [-0.2, -0.15) is 0 Å². The molecule has 0 spiro atoms. The lowest BCUT2D eigenvalue weighted by Crippen LogP contribution is -2.46. The second-order valence-corrected chi connectivity index (χ2v) is 8.66. The summed E-state index contributed by atoms with van der Waals surface area (Å²) in [6.45, 7) is 13.5. The second-order valence-electron chi connectivity index (χ2n) is 6.58. The van der Waals surface area contributed by atoms with Crippen LogP contribution in [0.15, 0.2) is 0 Å².